The Balaban J connectivity index is 2.68. The molecule has 2 rings (SSSR count). The third-order valence-electron chi connectivity index (χ3n) is 3.62. The van der Waals surface area contributed by atoms with E-state index in [0.29, 0.717) is 6.07 Å². The molecule has 0 atom stereocenters. The number of carbonyl (C=O) groups is 1. The average Bonchev–Trinajstić information content (AvgIpc) is 2.56. The molecule has 28 heavy (non-hydrogen) atoms. The summed E-state index contributed by atoms with van der Waals surface area (Å²) in [7, 11) is 0. The van der Waals surface area contributed by atoms with Gasteiger partial charge >= 0.3 is 24.0 Å². The summed E-state index contributed by atoms with van der Waals surface area (Å²) < 4.78 is 83.7. The smallest absolute Gasteiger partial charge is 0.417 e. The number of hydrogen-bond donors (Lipinski definition) is 1. The van der Waals surface area contributed by atoms with Gasteiger partial charge in [0.2, 0.25) is 0 Å². The Labute approximate surface area is 152 Å². The number of nitrogens with zero attached hydrogens (tertiary/aromatic N) is 1. The Bertz CT molecular complexity index is 1000. The lowest BCUT2D eigenvalue weighted by atomic mass is 9.99. The molecule has 6 nitrogen and oxygen atoms in total. The second-order valence-electron chi connectivity index (χ2n) is 5.45. The van der Waals surface area contributed by atoms with Crippen LogP contribution in [0.2, 0.25) is 0 Å². The average molecular weight is 410 g/mol. The molecule has 0 spiro atoms. The van der Waals surface area contributed by atoms with E-state index < -0.39 is 58.4 Å². The molecule has 152 valence electrons. The van der Waals surface area contributed by atoms with Gasteiger partial charge in [0, 0.05) is 6.20 Å². The van der Waals surface area contributed by atoms with Crippen molar-refractivity contribution in [3.63, 3.8) is 0 Å². The lowest BCUT2D eigenvalue weighted by Gasteiger charge is -2.19. The van der Waals surface area contributed by atoms with Gasteiger partial charge in [0.05, 0.1) is 24.3 Å². The van der Waals surface area contributed by atoms with Crippen LogP contribution in [0, 0.1) is 0 Å². The van der Waals surface area contributed by atoms with Crippen LogP contribution in [0.3, 0.4) is 0 Å². The first-order valence-corrected chi connectivity index (χ1v) is 7.63. The van der Waals surface area contributed by atoms with Gasteiger partial charge in [-0.15, -0.1) is 0 Å². The number of ether oxygens (including phenoxy) is 1. The van der Waals surface area contributed by atoms with Crippen LogP contribution in [0.4, 0.5) is 26.3 Å². The van der Waals surface area contributed by atoms with Crippen molar-refractivity contribution < 1.29 is 35.9 Å². The van der Waals surface area contributed by atoms with Crippen molar-refractivity contribution >= 4 is 5.97 Å². The maximum absolute atomic E-state index is 13.3. The first-order valence-electron chi connectivity index (χ1n) is 7.63. The third kappa shape index (κ3) is 4.26. The SMILES string of the molecule is CCOC(=O)c1c[nH]c(=O)n(Cc2cccc(C(F)(F)F)c2C(F)(F)F)c1=O. The Kier molecular flexibility index (Phi) is 5.71. The first kappa shape index (κ1) is 21.3. The summed E-state index contributed by atoms with van der Waals surface area (Å²) in [6.07, 6.45) is -10.0. The number of benzene rings is 1. The summed E-state index contributed by atoms with van der Waals surface area (Å²) in [5, 5.41) is 0. The Morgan fingerprint density at radius 3 is 2.29 bits per heavy atom. The fourth-order valence-corrected chi connectivity index (χ4v) is 2.48. The lowest BCUT2D eigenvalue weighted by Crippen LogP contribution is -2.39. The molecule has 1 heterocycles. The molecule has 1 aromatic heterocycles. The molecule has 0 aliphatic heterocycles. The van der Waals surface area contributed by atoms with Crippen LogP contribution in [-0.4, -0.2) is 22.1 Å². The second-order valence-corrected chi connectivity index (χ2v) is 5.45. The minimum absolute atomic E-state index is 0.122. The van der Waals surface area contributed by atoms with Crippen LogP contribution in [0.5, 0.6) is 0 Å². The highest BCUT2D eigenvalue weighted by atomic mass is 19.4. The molecule has 0 aliphatic rings. The summed E-state index contributed by atoms with van der Waals surface area (Å²) in [5.41, 5.74) is -8.12. The maximum atomic E-state index is 13.3. The van der Waals surface area contributed by atoms with E-state index in [-0.39, 0.29) is 17.2 Å². The van der Waals surface area contributed by atoms with Gasteiger partial charge in [-0.05, 0) is 18.6 Å². The summed E-state index contributed by atoms with van der Waals surface area (Å²) in [4.78, 5) is 37.8. The molecule has 0 aliphatic carbocycles. The van der Waals surface area contributed by atoms with E-state index in [2.05, 4.69) is 4.74 Å². The quantitative estimate of drug-likeness (QED) is 0.621. The van der Waals surface area contributed by atoms with Crippen LogP contribution in [-0.2, 0) is 23.6 Å². The maximum Gasteiger partial charge on any atom is 0.417 e. The van der Waals surface area contributed by atoms with E-state index in [9.17, 15) is 40.7 Å². The van der Waals surface area contributed by atoms with Crippen molar-refractivity contribution in [1.29, 1.82) is 0 Å². The molecular weight excluding hydrogens is 398 g/mol. The van der Waals surface area contributed by atoms with E-state index in [1.165, 1.54) is 6.92 Å². The largest absolute Gasteiger partial charge is 0.462 e. The first-order chi connectivity index (χ1) is 12.9. The molecule has 0 bridgehead atoms. The van der Waals surface area contributed by atoms with Gasteiger partial charge in [0.15, 0.2) is 0 Å². The van der Waals surface area contributed by atoms with Crippen molar-refractivity contribution in [2.24, 2.45) is 0 Å². The number of alkyl halides is 6. The standard InChI is InChI=1S/C16H12F6N2O4/c1-2-28-13(26)9-6-23-14(27)24(12(9)25)7-8-4-3-5-10(15(17,18)19)11(8)16(20,21)22/h3-6H,2,7H2,1H3,(H,23,27). The minimum Gasteiger partial charge on any atom is -0.462 e. The number of nitrogens with one attached hydrogen (secondary N) is 1. The summed E-state index contributed by atoms with van der Waals surface area (Å²) in [6, 6.07) is 1.68. The molecule has 2 aromatic rings. The molecule has 0 amide bonds. The van der Waals surface area contributed by atoms with Crippen molar-refractivity contribution in [2.75, 3.05) is 6.61 Å². The predicted octanol–water partition coefficient (Wildman–Crippen LogP) is 2.80. The molecule has 1 aromatic carbocycles. The number of H-pyrrole nitrogens is 1. The molecule has 0 saturated carbocycles. The van der Waals surface area contributed by atoms with Gasteiger partial charge in [0.25, 0.3) is 5.56 Å². The van der Waals surface area contributed by atoms with E-state index in [1.54, 1.807) is 0 Å². The van der Waals surface area contributed by atoms with Crippen molar-refractivity contribution in [3.8, 4) is 0 Å². The summed E-state index contributed by atoms with van der Waals surface area (Å²) >= 11 is 0. The van der Waals surface area contributed by atoms with Gasteiger partial charge in [0.1, 0.15) is 5.56 Å². The highest BCUT2D eigenvalue weighted by Gasteiger charge is 2.44. The monoisotopic (exact) mass is 410 g/mol. The fraction of sp³-hybridized carbons (Fsp3) is 0.312. The fourth-order valence-electron chi connectivity index (χ4n) is 2.48. The molecule has 0 unspecified atom stereocenters. The summed E-state index contributed by atoms with van der Waals surface area (Å²) in [6.45, 7) is 0.170. The lowest BCUT2D eigenvalue weighted by molar-refractivity contribution is -0.162. The second kappa shape index (κ2) is 7.52. The number of rotatable bonds is 4. The van der Waals surface area contributed by atoms with Gasteiger partial charge in [-0.3, -0.25) is 9.36 Å². The van der Waals surface area contributed by atoms with Crippen LogP contribution < -0.4 is 11.2 Å². The number of esters is 1. The van der Waals surface area contributed by atoms with Crippen molar-refractivity contribution in [1.82, 2.24) is 9.55 Å². The number of carbonyl (C=O) groups excluding carboxylic acids is 1. The molecule has 1 N–H and O–H groups in total. The third-order valence-corrected chi connectivity index (χ3v) is 3.62. The van der Waals surface area contributed by atoms with Crippen LogP contribution >= 0.6 is 0 Å². The molecule has 0 saturated heterocycles. The van der Waals surface area contributed by atoms with Crippen molar-refractivity contribution in [3.05, 3.63) is 67.5 Å². The topological polar surface area (TPSA) is 81.2 Å². The van der Waals surface area contributed by atoms with E-state index in [4.69, 9.17) is 0 Å². The molecular formula is C16H12F6N2O4. The highest BCUT2D eigenvalue weighted by Crippen LogP contribution is 2.42. The zero-order chi connectivity index (χ0) is 21.3. The van der Waals surface area contributed by atoms with E-state index in [1.807, 2.05) is 4.98 Å². The predicted molar refractivity (Wildman–Crippen MR) is 82.8 cm³/mol. The van der Waals surface area contributed by atoms with E-state index in [0.717, 1.165) is 12.3 Å². The van der Waals surface area contributed by atoms with Crippen LogP contribution in [0.15, 0.2) is 34.0 Å². The normalized spacial score (nSPS) is 12.1. The number of halogens is 6. The van der Waals surface area contributed by atoms with Gasteiger partial charge < -0.3 is 9.72 Å². The van der Waals surface area contributed by atoms with Crippen LogP contribution in [0.1, 0.15) is 34.0 Å². The molecule has 0 radical (unpaired) electrons. The Morgan fingerprint density at radius 2 is 1.75 bits per heavy atom. The van der Waals surface area contributed by atoms with Gasteiger partial charge in [-0.25, -0.2) is 9.59 Å². The molecule has 12 heteroatoms. The number of aromatic nitrogens is 2. The number of aromatic amines is 1. The van der Waals surface area contributed by atoms with Gasteiger partial charge in [-0.1, -0.05) is 12.1 Å². The van der Waals surface area contributed by atoms with E-state index >= 15 is 0 Å². The summed E-state index contributed by atoms with van der Waals surface area (Å²) in [5.74, 6) is -1.14. The Hall–Kier alpha value is -3.05. The van der Waals surface area contributed by atoms with Crippen molar-refractivity contribution in [2.45, 2.75) is 25.8 Å². The van der Waals surface area contributed by atoms with Gasteiger partial charge in [-0.2, -0.15) is 26.3 Å². The molecule has 0 fully saturated rings. The Morgan fingerprint density at radius 1 is 1.11 bits per heavy atom. The zero-order valence-electron chi connectivity index (χ0n) is 14.1. The highest BCUT2D eigenvalue weighted by molar-refractivity contribution is 5.88. The number of hydrogen-bond acceptors (Lipinski definition) is 4. The minimum atomic E-state index is -5.41. The zero-order valence-corrected chi connectivity index (χ0v) is 14.1. The van der Waals surface area contributed by atoms with Crippen LogP contribution in [0.25, 0.3) is 0 Å².